The van der Waals surface area contributed by atoms with Gasteiger partial charge >= 0.3 is 0 Å². The van der Waals surface area contributed by atoms with Crippen molar-refractivity contribution in [3.05, 3.63) is 35.7 Å². The first kappa shape index (κ1) is 13.1. The number of nitrogens with zero attached hydrogens (tertiary/aromatic N) is 2. The zero-order chi connectivity index (χ0) is 13.8. The van der Waals surface area contributed by atoms with Crippen molar-refractivity contribution >= 4 is 17.3 Å². The first-order valence-electron chi connectivity index (χ1n) is 5.85. The van der Waals surface area contributed by atoms with Crippen molar-refractivity contribution < 1.29 is 4.74 Å². The van der Waals surface area contributed by atoms with E-state index in [9.17, 15) is 0 Å². The molecule has 0 saturated carbocycles. The minimum absolute atomic E-state index is 0.434. The first-order chi connectivity index (χ1) is 9.15. The molecule has 2 aromatic rings. The summed E-state index contributed by atoms with van der Waals surface area (Å²) in [5.74, 6) is 6.86. The molecule has 0 aliphatic rings. The van der Waals surface area contributed by atoms with Crippen molar-refractivity contribution in [3.8, 4) is 5.75 Å². The van der Waals surface area contributed by atoms with E-state index in [-0.39, 0.29) is 0 Å². The van der Waals surface area contributed by atoms with Crippen LogP contribution in [0.3, 0.4) is 0 Å². The van der Waals surface area contributed by atoms with Crippen molar-refractivity contribution in [3.63, 3.8) is 0 Å². The molecule has 0 radical (unpaired) electrons. The van der Waals surface area contributed by atoms with Gasteiger partial charge in [0.1, 0.15) is 6.33 Å². The number of aryl methyl sites for hydroxylation is 2. The molecule has 0 saturated heterocycles. The molecule has 100 valence electrons. The molecule has 0 amide bonds. The highest BCUT2D eigenvalue weighted by molar-refractivity contribution is 5.69. The fourth-order valence-electron chi connectivity index (χ4n) is 1.71. The molecule has 0 atom stereocenters. The number of aromatic nitrogens is 2. The van der Waals surface area contributed by atoms with Crippen LogP contribution in [0.1, 0.15) is 11.1 Å². The lowest BCUT2D eigenvalue weighted by atomic mass is 10.1. The number of nitrogens with one attached hydrogen (secondary N) is 2. The maximum absolute atomic E-state index is 5.38. The molecule has 1 aromatic carbocycles. The number of benzene rings is 1. The van der Waals surface area contributed by atoms with E-state index in [2.05, 4.69) is 34.6 Å². The predicted molar refractivity (Wildman–Crippen MR) is 75.6 cm³/mol. The number of nitrogens with two attached hydrogens (primary N) is 1. The zero-order valence-corrected chi connectivity index (χ0v) is 11.2. The first-order valence-corrected chi connectivity index (χ1v) is 5.85. The van der Waals surface area contributed by atoms with E-state index < -0.39 is 0 Å². The fourth-order valence-corrected chi connectivity index (χ4v) is 1.71. The van der Waals surface area contributed by atoms with E-state index in [0.29, 0.717) is 17.4 Å². The van der Waals surface area contributed by atoms with E-state index in [1.54, 1.807) is 7.11 Å². The molecular formula is C13H17N5O. The Bertz CT molecular complexity index is 585. The lowest BCUT2D eigenvalue weighted by Gasteiger charge is -2.13. The summed E-state index contributed by atoms with van der Waals surface area (Å²) in [6.07, 6.45) is 1.42. The third-order valence-corrected chi connectivity index (χ3v) is 2.91. The number of hydrazine groups is 1. The summed E-state index contributed by atoms with van der Waals surface area (Å²) < 4.78 is 5.26. The molecule has 0 aliphatic carbocycles. The van der Waals surface area contributed by atoms with Gasteiger partial charge in [-0.05, 0) is 37.1 Å². The summed E-state index contributed by atoms with van der Waals surface area (Å²) in [5, 5.41) is 3.19. The van der Waals surface area contributed by atoms with Gasteiger partial charge in [0.2, 0.25) is 5.75 Å². The molecule has 1 aromatic heterocycles. The van der Waals surface area contributed by atoms with Gasteiger partial charge in [-0.2, -0.15) is 0 Å². The third kappa shape index (κ3) is 2.74. The van der Waals surface area contributed by atoms with Gasteiger partial charge in [0.15, 0.2) is 11.6 Å². The van der Waals surface area contributed by atoms with E-state index in [1.165, 1.54) is 17.5 Å². The summed E-state index contributed by atoms with van der Waals surface area (Å²) in [5.41, 5.74) is 5.85. The van der Waals surface area contributed by atoms with Gasteiger partial charge < -0.3 is 15.5 Å². The summed E-state index contributed by atoms with van der Waals surface area (Å²) >= 11 is 0. The smallest absolute Gasteiger partial charge is 0.205 e. The normalized spacial score (nSPS) is 10.1. The number of anilines is 3. The average molecular weight is 259 g/mol. The van der Waals surface area contributed by atoms with Crippen LogP contribution in [-0.2, 0) is 0 Å². The Hall–Kier alpha value is -2.34. The average Bonchev–Trinajstić information content (AvgIpc) is 2.42. The fraction of sp³-hybridized carbons (Fsp3) is 0.231. The van der Waals surface area contributed by atoms with E-state index >= 15 is 0 Å². The maximum atomic E-state index is 5.38. The maximum Gasteiger partial charge on any atom is 0.205 e. The third-order valence-electron chi connectivity index (χ3n) is 2.91. The van der Waals surface area contributed by atoms with Crippen LogP contribution in [0.15, 0.2) is 24.5 Å². The molecule has 19 heavy (non-hydrogen) atoms. The van der Waals surface area contributed by atoms with Crippen molar-refractivity contribution in [2.45, 2.75) is 13.8 Å². The molecule has 0 bridgehead atoms. The Morgan fingerprint density at radius 2 is 1.84 bits per heavy atom. The number of hydrogen-bond donors (Lipinski definition) is 3. The molecule has 1 heterocycles. The Morgan fingerprint density at radius 1 is 1.11 bits per heavy atom. The molecule has 4 N–H and O–H groups in total. The van der Waals surface area contributed by atoms with Crippen LogP contribution in [-0.4, -0.2) is 17.1 Å². The number of ether oxygens (including phenoxy) is 1. The van der Waals surface area contributed by atoms with Crippen LogP contribution in [0, 0.1) is 13.8 Å². The summed E-state index contributed by atoms with van der Waals surface area (Å²) in [6.45, 7) is 4.13. The lowest BCUT2D eigenvalue weighted by molar-refractivity contribution is 0.415. The largest absolute Gasteiger partial charge is 0.490 e. The predicted octanol–water partition coefficient (Wildman–Crippen LogP) is 2.13. The van der Waals surface area contributed by atoms with Crippen molar-refractivity contribution in [2.24, 2.45) is 5.84 Å². The van der Waals surface area contributed by atoms with Gasteiger partial charge in [-0.3, -0.25) is 0 Å². The SMILES string of the molecule is COc1c(NN)ncnc1Nc1ccc(C)c(C)c1. The quantitative estimate of drug-likeness (QED) is 0.576. The lowest BCUT2D eigenvalue weighted by Crippen LogP contribution is -2.11. The second-order valence-corrected chi connectivity index (χ2v) is 4.17. The minimum atomic E-state index is 0.434. The molecule has 6 heteroatoms. The van der Waals surface area contributed by atoms with Gasteiger partial charge in [0, 0.05) is 5.69 Å². The van der Waals surface area contributed by atoms with Crippen LogP contribution in [0.4, 0.5) is 17.3 Å². The van der Waals surface area contributed by atoms with Gasteiger partial charge in [-0.25, -0.2) is 15.8 Å². The summed E-state index contributed by atoms with van der Waals surface area (Å²) in [6, 6.07) is 6.08. The molecule has 6 nitrogen and oxygen atoms in total. The molecular weight excluding hydrogens is 242 g/mol. The molecule has 0 aliphatic heterocycles. The van der Waals surface area contributed by atoms with Gasteiger partial charge in [0.25, 0.3) is 0 Å². The van der Waals surface area contributed by atoms with Gasteiger partial charge in [-0.1, -0.05) is 6.07 Å². The summed E-state index contributed by atoms with van der Waals surface area (Å²) in [7, 11) is 1.55. The molecule has 0 unspecified atom stereocenters. The van der Waals surface area contributed by atoms with Crippen molar-refractivity contribution in [1.82, 2.24) is 9.97 Å². The second kappa shape index (κ2) is 5.53. The Kier molecular flexibility index (Phi) is 3.82. The van der Waals surface area contributed by atoms with Gasteiger partial charge in [-0.15, -0.1) is 0 Å². The van der Waals surface area contributed by atoms with Crippen LogP contribution in [0.2, 0.25) is 0 Å². The Morgan fingerprint density at radius 3 is 2.47 bits per heavy atom. The Balaban J connectivity index is 2.35. The zero-order valence-electron chi connectivity index (χ0n) is 11.2. The van der Waals surface area contributed by atoms with E-state index in [0.717, 1.165) is 5.69 Å². The highest BCUT2D eigenvalue weighted by atomic mass is 16.5. The van der Waals surface area contributed by atoms with Gasteiger partial charge in [0.05, 0.1) is 7.11 Å². The number of hydrogen-bond acceptors (Lipinski definition) is 6. The van der Waals surface area contributed by atoms with Crippen molar-refractivity contribution in [1.29, 1.82) is 0 Å². The number of methoxy groups -OCH3 is 1. The summed E-state index contributed by atoms with van der Waals surface area (Å²) in [4.78, 5) is 8.15. The van der Waals surface area contributed by atoms with Crippen LogP contribution < -0.4 is 21.3 Å². The van der Waals surface area contributed by atoms with Crippen LogP contribution in [0.5, 0.6) is 5.75 Å². The van der Waals surface area contributed by atoms with E-state index in [1.807, 2.05) is 18.2 Å². The number of nitrogen functional groups attached to an aromatic ring is 1. The number of rotatable bonds is 4. The minimum Gasteiger partial charge on any atom is -0.490 e. The van der Waals surface area contributed by atoms with Crippen LogP contribution >= 0.6 is 0 Å². The van der Waals surface area contributed by atoms with Crippen LogP contribution in [0.25, 0.3) is 0 Å². The highest BCUT2D eigenvalue weighted by Crippen LogP contribution is 2.30. The van der Waals surface area contributed by atoms with Crippen molar-refractivity contribution in [2.75, 3.05) is 17.9 Å². The standard InChI is InChI=1S/C13H17N5O/c1-8-4-5-10(6-9(8)2)17-12-11(19-3)13(18-14)16-7-15-12/h4-7H,14H2,1-3H3,(H2,15,16,17,18). The monoisotopic (exact) mass is 259 g/mol. The molecule has 0 spiro atoms. The second-order valence-electron chi connectivity index (χ2n) is 4.17. The topological polar surface area (TPSA) is 85.1 Å². The molecule has 2 rings (SSSR count). The highest BCUT2D eigenvalue weighted by Gasteiger charge is 2.11. The van der Waals surface area contributed by atoms with E-state index in [4.69, 9.17) is 10.6 Å². The molecule has 0 fully saturated rings. The Labute approximate surface area is 112 Å².